The van der Waals surface area contributed by atoms with Crippen molar-refractivity contribution in [3.8, 4) is 0 Å². The molecule has 5 nitrogen and oxygen atoms in total. The fraction of sp³-hybridized carbons (Fsp3) is 0.583. The van der Waals surface area contributed by atoms with Gasteiger partial charge in [0, 0.05) is 18.8 Å². The van der Waals surface area contributed by atoms with Crippen LogP contribution in [0.4, 0.5) is 0 Å². The molecule has 0 bridgehead atoms. The third-order valence-electron chi connectivity index (χ3n) is 2.61. The number of nitrogens with one attached hydrogen (secondary N) is 2. The Morgan fingerprint density at radius 1 is 1.47 bits per heavy atom. The van der Waals surface area contributed by atoms with Crippen LogP contribution in [0.15, 0.2) is 18.3 Å². The molecule has 0 saturated heterocycles. The number of nitrogens with zero attached hydrogens (tertiary/aromatic N) is 2. The number of hydrogen-bond donors (Lipinski definition) is 2. The fourth-order valence-electron chi connectivity index (χ4n) is 1.25. The Morgan fingerprint density at radius 3 is 2.82 bits per heavy atom. The van der Waals surface area contributed by atoms with Crippen molar-refractivity contribution in [1.82, 2.24) is 20.8 Å². The van der Waals surface area contributed by atoms with Gasteiger partial charge in [0.2, 0.25) is 5.91 Å². The van der Waals surface area contributed by atoms with Crippen molar-refractivity contribution >= 4 is 5.91 Å². The highest BCUT2D eigenvalue weighted by molar-refractivity contribution is 5.81. The number of amides is 1. The van der Waals surface area contributed by atoms with Gasteiger partial charge in [-0.2, -0.15) is 10.2 Å². The second-order valence-electron chi connectivity index (χ2n) is 4.14. The molecule has 0 spiro atoms. The minimum atomic E-state index is -0.231. The van der Waals surface area contributed by atoms with Crippen molar-refractivity contribution in [2.24, 2.45) is 0 Å². The Kier molecular flexibility index (Phi) is 5.56. The molecule has 0 fully saturated rings. The molecule has 94 valence electrons. The first-order valence-corrected chi connectivity index (χ1v) is 5.93. The first-order chi connectivity index (χ1) is 8.13. The van der Waals surface area contributed by atoms with Crippen molar-refractivity contribution < 1.29 is 4.79 Å². The van der Waals surface area contributed by atoms with Gasteiger partial charge >= 0.3 is 0 Å². The zero-order valence-electron chi connectivity index (χ0n) is 10.6. The zero-order chi connectivity index (χ0) is 12.7. The SMILES string of the molecule is CCC(C)NC(=O)C(C)NCc1cccnn1. The van der Waals surface area contributed by atoms with Gasteiger partial charge in [0.15, 0.2) is 0 Å². The lowest BCUT2D eigenvalue weighted by Crippen LogP contribution is -2.45. The molecule has 2 unspecified atom stereocenters. The van der Waals surface area contributed by atoms with Crippen molar-refractivity contribution in [2.45, 2.75) is 45.8 Å². The second kappa shape index (κ2) is 6.96. The minimum Gasteiger partial charge on any atom is -0.352 e. The number of aromatic nitrogens is 2. The van der Waals surface area contributed by atoms with Gasteiger partial charge in [0.1, 0.15) is 0 Å². The van der Waals surface area contributed by atoms with Gasteiger partial charge in [-0.15, -0.1) is 0 Å². The van der Waals surface area contributed by atoms with Gasteiger partial charge < -0.3 is 10.6 Å². The topological polar surface area (TPSA) is 66.9 Å². The minimum absolute atomic E-state index is 0.0169. The molecule has 0 aliphatic heterocycles. The standard InChI is InChI=1S/C12H20N4O/c1-4-9(2)15-12(17)10(3)13-8-11-6-5-7-14-16-11/h5-7,9-10,13H,4,8H2,1-3H3,(H,15,17). The molecule has 17 heavy (non-hydrogen) atoms. The number of carbonyl (C=O) groups excluding carboxylic acids is 1. The van der Waals surface area contributed by atoms with E-state index in [9.17, 15) is 4.79 Å². The summed E-state index contributed by atoms with van der Waals surface area (Å²) < 4.78 is 0. The van der Waals surface area contributed by atoms with Gasteiger partial charge in [0.05, 0.1) is 11.7 Å². The molecule has 2 N–H and O–H groups in total. The molecule has 1 aromatic heterocycles. The maximum absolute atomic E-state index is 11.7. The highest BCUT2D eigenvalue weighted by atomic mass is 16.2. The number of rotatable bonds is 6. The van der Waals surface area contributed by atoms with Gasteiger partial charge in [-0.1, -0.05) is 6.92 Å². The van der Waals surface area contributed by atoms with E-state index in [-0.39, 0.29) is 18.0 Å². The van der Waals surface area contributed by atoms with E-state index in [1.807, 2.05) is 32.9 Å². The lowest BCUT2D eigenvalue weighted by Gasteiger charge is -2.17. The molecule has 0 radical (unpaired) electrons. The molecular formula is C12H20N4O. The van der Waals surface area contributed by atoms with Crippen molar-refractivity contribution in [3.05, 3.63) is 24.0 Å². The average molecular weight is 236 g/mol. The van der Waals surface area contributed by atoms with Crippen LogP contribution in [0.1, 0.15) is 32.9 Å². The van der Waals surface area contributed by atoms with Crippen LogP contribution in [-0.2, 0) is 11.3 Å². The molecule has 5 heteroatoms. The summed E-state index contributed by atoms with van der Waals surface area (Å²) in [7, 11) is 0. The number of carbonyl (C=O) groups is 1. The Hall–Kier alpha value is -1.49. The summed E-state index contributed by atoms with van der Waals surface area (Å²) in [6.45, 7) is 6.42. The monoisotopic (exact) mass is 236 g/mol. The smallest absolute Gasteiger partial charge is 0.237 e. The summed E-state index contributed by atoms with van der Waals surface area (Å²) in [6, 6.07) is 3.68. The summed E-state index contributed by atoms with van der Waals surface area (Å²) >= 11 is 0. The first kappa shape index (κ1) is 13.6. The van der Waals surface area contributed by atoms with E-state index in [1.54, 1.807) is 6.20 Å². The van der Waals surface area contributed by atoms with E-state index >= 15 is 0 Å². The maximum atomic E-state index is 11.7. The zero-order valence-corrected chi connectivity index (χ0v) is 10.6. The van der Waals surface area contributed by atoms with Gasteiger partial charge in [-0.05, 0) is 32.4 Å². The van der Waals surface area contributed by atoms with Crippen LogP contribution >= 0.6 is 0 Å². The molecule has 0 aliphatic carbocycles. The van der Waals surface area contributed by atoms with Gasteiger partial charge in [-0.25, -0.2) is 0 Å². The van der Waals surface area contributed by atoms with E-state index < -0.39 is 0 Å². The molecular weight excluding hydrogens is 216 g/mol. The summed E-state index contributed by atoms with van der Waals surface area (Å²) in [5.74, 6) is 0.0169. The van der Waals surface area contributed by atoms with Crippen LogP contribution in [-0.4, -0.2) is 28.2 Å². The summed E-state index contributed by atoms with van der Waals surface area (Å²) in [5, 5.41) is 13.8. The maximum Gasteiger partial charge on any atom is 0.237 e. The second-order valence-corrected chi connectivity index (χ2v) is 4.14. The predicted octanol–water partition coefficient (Wildman–Crippen LogP) is 0.869. The van der Waals surface area contributed by atoms with Gasteiger partial charge in [0.25, 0.3) is 0 Å². The van der Waals surface area contributed by atoms with Crippen LogP contribution in [0.2, 0.25) is 0 Å². The van der Waals surface area contributed by atoms with E-state index in [2.05, 4.69) is 20.8 Å². The van der Waals surface area contributed by atoms with Crippen molar-refractivity contribution in [2.75, 3.05) is 0 Å². The summed E-state index contributed by atoms with van der Waals surface area (Å²) in [5.41, 5.74) is 0.829. The van der Waals surface area contributed by atoms with Crippen LogP contribution in [0.3, 0.4) is 0 Å². The fourth-order valence-corrected chi connectivity index (χ4v) is 1.25. The molecule has 0 aliphatic rings. The van der Waals surface area contributed by atoms with E-state index in [0.29, 0.717) is 6.54 Å². The molecule has 1 amide bonds. The quantitative estimate of drug-likeness (QED) is 0.769. The Balaban J connectivity index is 2.34. The van der Waals surface area contributed by atoms with Crippen LogP contribution < -0.4 is 10.6 Å². The molecule has 0 saturated carbocycles. The number of hydrogen-bond acceptors (Lipinski definition) is 4. The molecule has 1 aromatic rings. The first-order valence-electron chi connectivity index (χ1n) is 5.93. The van der Waals surface area contributed by atoms with Crippen LogP contribution in [0.25, 0.3) is 0 Å². The normalized spacial score (nSPS) is 14.1. The molecule has 1 heterocycles. The Morgan fingerprint density at radius 2 is 2.24 bits per heavy atom. The lowest BCUT2D eigenvalue weighted by molar-refractivity contribution is -0.123. The molecule has 0 aromatic carbocycles. The highest BCUT2D eigenvalue weighted by Gasteiger charge is 2.13. The molecule has 2 atom stereocenters. The summed E-state index contributed by atoms with van der Waals surface area (Å²) in [4.78, 5) is 11.7. The predicted molar refractivity (Wildman–Crippen MR) is 66.2 cm³/mol. The van der Waals surface area contributed by atoms with Crippen LogP contribution in [0.5, 0.6) is 0 Å². The third-order valence-corrected chi connectivity index (χ3v) is 2.61. The molecule has 1 rings (SSSR count). The Labute approximate surface area is 102 Å². The van der Waals surface area contributed by atoms with Crippen LogP contribution in [0, 0.1) is 0 Å². The summed E-state index contributed by atoms with van der Waals surface area (Å²) in [6.07, 6.45) is 2.56. The van der Waals surface area contributed by atoms with E-state index in [1.165, 1.54) is 0 Å². The van der Waals surface area contributed by atoms with Gasteiger partial charge in [-0.3, -0.25) is 4.79 Å². The lowest BCUT2D eigenvalue weighted by atomic mass is 10.2. The van der Waals surface area contributed by atoms with E-state index in [0.717, 1.165) is 12.1 Å². The highest BCUT2D eigenvalue weighted by Crippen LogP contribution is 1.94. The van der Waals surface area contributed by atoms with Crippen molar-refractivity contribution in [1.29, 1.82) is 0 Å². The van der Waals surface area contributed by atoms with E-state index in [4.69, 9.17) is 0 Å². The third kappa shape index (κ3) is 4.91. The Bertz CT molecular complexity index is 342. The van der Waals surface area contributed by atoms with Crippen molar-refractivity contribution in [3.63, 3.8) is 0 Å². The largest absolute Gasteiger partial charge is 0.352 e. The average Bonchev–Trinajstić information content (AvgIpc) is 2.36.